The van der Waals surface area contributed by atoms with Crippen molar-refractivity contribution < 1.29 is 9.52 Å². The number of hydrogen-bond donors (Lipinski definition) is 3. The van der Waals surface area contributed by atoms with Crippen molar-refractivity contribution in [3.05, 3.63) is 34.3 Å². The van der Waals surface area contributed by atoms with Crippen LogP contribution in [0.4, 0.5) is 0 Å². The monoisotopic (exact) mass is 237 g/mol. The molecule has 2 unspecified atom stereocenters. The van der Waals surface area contributed by atoms with E-state index in [0.717, 1.165) is 0 Å². The van der Waals surface area contributed by atoms with Gasteiger partial charge in [-0.25, -0.2) is 4.79 Å². The summed E-state index contributed by atoms with van der Waals surface area (Å²) in [4.78, 5) is 11.3. The van der Waals surface area contributed by atoms with E-state index in [0.29, 0.717) is 16.7 Å². The Hall–Kier alpha value is -1.63. The summed E-state index contributed by atoms with van der Waals surface area (Å²) in [6, 6.07) is 4.53. The first-order valence-electron chi connectivity index (χ1n) is 5.27. The van der Waals surface area contributed by atoms with Crippen molar-refractivity contribution in [2.45, 2.75) is 12.1 Å². The summed E-state index contributed by atoms with van der Waals surface area (Å²) in [7, 11) is 1.61. The molecule has 2 aromatic rings. The number of hydrogen-bond acceptors (Lipinski definition) is 5. The van der Waals surface area contributed by atoms with E-state index in [9.17, 15) is 9.90 Å². The minimum Gasteiger partial charge on any atom is -0.408 e. The van der Waals surface area contributed by atoms with E-state index in [1.165, 1.54) is 4.57 Å². The van der Waals surface area contributed by atoms with Crippen LogP contribution < -0.4 is 17.2 Å². The van der Waals surface area contributed by atoms with Crippen LogP contribution in [0.5, 0.6) is 0 Å². The number of aliphatic hydroxyl groups is 1. The summed E-state index contributed by atoms with van der Waals surface area (Å²) in [5.41, 5.74) is 13.1. The molecule has 2 rings (SSSR count). The summed E-state index contributed by atoms with van der Waals surface area (Å²) in [6.07, 6.45) is -0.809. The van der Waals surface area contributed by atoms with Crippen LogP contribution in [0.2, 0.25) is 0 Å². The summed E-state index contributed by atoms with van der Waals surface area (Å²) < 4.78 is 6.39. The lowest BCUT2D eigenvalue weighted by Gasteiger charge is -2.17. The number of fused-ring (bicyclic) bond motifs is 1. The smallest absolute Gasteiger partial charge is 0.408 e. The minimum absolute atomic E-state index is 0.0868. The van der Waals surface area contributed by atoms with Crippen LogP contribution in [0.25, 0.3) is 11.1 Å². The highest BCUT2D eigenvalue weighted by Gasteiger charge is 2.16. The molecule has 0 aliphatic rings. The van der Waals surface area contributed by atoms with Crippen molar-refractivity contribution in [3.8, 4) is 0 Å². The molecule has 2 atom stereocenters. The zero-order valence-corrected chi connectivity index (χ0v) is 9.46. The van der Waals surface area contributed by atoms with Gasteiger partial charge in [0.05, 0.1) is 17.7 Å². The topological polar surface area (TPSA) is 107 Å². The molecule has 0 aliphatic carbocycles. The molecule has 0 aliphatic heterocycles. The molecule has 0 bridgehead atoms. The predicted molar refractivity (Wildman–Crippen MR) is 63.4 cm³/mol. The number of aromatic nitrogens is 1. The number of rotatable bonds is 3. The van der Waals surface area contributed by atoms with E-state index in [1.54, 1.807) is 25.2 Å². The van der Waals surface area contributed by atoms with Gasteiger partial charge in [-0.3, -0.25) is 4.57 Å². The van der Waals surface area contributed by atoms with Gasteiger partial charge < -0.3 is 21.0 Å². The van der Waals surface area contributed by atoms with Crippen molar-refractivity contribution in [2.75, 3.05) is 6.54 Å². The van der Waals surface area contributed by atoms with Gasteiger partial charge >= 0.3 is 5.76 Å². The summed E-state index contributed by atoms with van der Waals surface area (Å²) in [5.74, 6) is -0.426. The highest BCUT2D eigenvalue weighted by Crippen LogP contribution is 2.20. The van der Waals surface area contributed by atoms with Gasteiger partial charge in [0.1, 0.15) is 0 Å². The molecule has 0 spiro atoms. The Morgan fingerprint density at radius 1 is 1.53 bits per heavy atom. The number of oxazole rings is 1. The van der Waals surface area contributed by atoms with Gasteiger partial charge in [0.2, 0.25) is 0 Å². The second-order valence-electron chi connectivity index (χ2n) is 3.98. The first-order valence-corrected chi connectivity index (χ1v) is 5.27. The number of nitrogens with zero attached hydrogens (tertiary/aromatic N) is 1. The maximum atomic E-state index is 11.3. The first kappa shape index (κ1) is 11.8. The second-order valence-corrected chi connectivity index (χ2v) is 3.98. The Morgan fingerprint density at radius 3 is 2.88 bits per heavy atom. The van der Waals surface area contributed by atoms with E-state index in [2.05, 4.69) is 0 Å². The van der Waals surface area contributed by atoms with E-state index >= 15 is 0 Å². The third-order valence-corrected chi connectivity index (χ3v) is 2.86. The molecule has 92 valence electrons. The van der Waals surface area contributed by atoms with Crippen molar-refractivity contribution in [2.24, 2.45) is 18.5 Å². The van der Waals surface area contributed by atoms with Gasteiger partial charge in [-0.1, -0.05) is 6.07 Å². The van der Waals surface area contributed by atoms with Crippen LogP contribution >= 0.6 is 0 Å². The number of aryl methyl sites for hydroxylation is 1. The lowest BCUT2D eigenvalue weighted by atomic mass is 10.0. The molecule has 0 fully saturated rings. The molecule has 1 aromatic carbocycles. The van der Waals surface area contributed by atoms with E-state index in [4.69, 9.17) is 15.9 Å². The molecule has 17 heavy (non-hydrogen) atoms. The zero-order chi connectivity index (χ0) is 12.6. The van der Waals surface area contributed by atoms with E-state index in [-0.39, 0.29) is 6.54 Å². The van der Waals surface area contributed by atoms with E-state index < -0.39 is 17.9 Å². The number of aliphatic hydroxyl groups excluding tert-OH is 1. The Kier molecular flexibility index (Phi) is 3.01. The Bertz CT molecular complexity index is 587. The molecular weight excluding hydrogens is 222 g/mol. The molecule has 6 heteroatoms. The highest BCUT2D eigenvalue weighted by atomic mass is 16.4. The van der Waals surface area contributed by atoms with Gasteiger partial charge in [-0.2, -0.15) is 0 Å². The van der Waals surface area contributed by atoms with Gasteiger partial charge in [0.25, 0.3) is 0 Å². The molecule has 0 saturated heterocycles. The fraction of sp³-hybridized carbons (Fsp3) is 0.364. The lowest BCUT2D eigenvalue weighted by molar-refractivity contribution is 0.153. The summed E-state index contributed by atoms with van der Waals surface area (Å²) in [5, 5.41) is 9.58. The molecule has 6 nitrogen and oxygen atoms in total. The second kappa shape index (κ2) is 4.33. The van der Waals surface area contributed by atoms with Gasteiger partial charge in [0, 0.05) is 13.6 Å². The zero-order valence-electron chi connectivity index (χ0n) is 9.46. The van der Waals surface area contributed by atoms with Crippen LogP contribution in [-0.4, -0.2) is 22.3 Å². The molecule has 5 N–H and O–H groups in total. The molecule has 1 heterocycles. The minimum atomic E-state index is -0.809. The SMILES string of the molecule is Cn1c(=O)oc2ccc(C(N)C(O)CN)cc21. The first-order chi connectivity index (χ1) is 8.04. The quantitative estimate of drug-likeness (QED) is 0.664. The van der Waals surface area contributed by atoms with Crippen LogP contribution in [0.3, 0.4) is 0 Å². The largest absolute Gasteiger partial charge is 0.419 e. The van der Waals surface area contributed by atoms with Gasteiger partial charge in [-0.05, 0) is 17.7 Å². The van der Waals surface area contributed by atoms with Crippen molar-refractivity contribution >= 4 is 11.1 Å². The average Bonchev–Trinajstić information content (AvgIpc) is 2.63. The predicted octanol–water partition coefficient (Wildman–Crippen LogP) is -0.549. The maximum absolute atomic E-state index is 11.3. The van der Waals surface area contributed by atoms with Crippen molar-refractivity contribution in [3.63, 3.8) is 0 Å². The van der Waals surface area contributed by atoms with Crippen LogP contribution in [-0.2, 0) is 7.05 Å². The summed E-state index contributed by atoms with van der Waals surface area (Å²) in [6.45, 7) is 0.0868. The lowest BCUT2D eigenvalue weighted by Crippen LogP contribution is -2.32. The molecule has 0 radical (unpaired) electrons. The van der Waals surface area contributed by atoms with Crippen LogP contribution in [0.1, 0.15) is 11.6 Å². The van der Waals surface area contributed by atoms with Gasteiger partial charge in [0.15, 0.2) is 5.58 Å². The normalized spacial score (nSPS) is 15.1. The van der Waals surface area contributed by atoms with Crippen molar-refractivity contribution in [1.29, 1.82) is 0 Å². The van der Waals surface area contributed by atoms with Gasteiger partial charge in [-0.15, -0.1) is 0 Å². The molecular formula is C11H15N3O3. The fourth-order valence-electron chi connectivity index (χ4n) is 1.72. The molecule has 0 saturated carbocycles. The highest BCUT2D eigenvalue weighted by molar-refractivity contribution is 5.73. The van der Waals surface area contributed by atoms with E-state index in [1.807, 2.05) is 0 Å². The Morgan fingerprint density at radius 2 is 2.24 bits per heavy atom. The Balaban J connectivity index is 2.50. The van der Waals surface area contributed by atoms with Crippen LogP contribution in [0.15, 0.2) is 27.4 Å². The third-order valence-electron chi connectivity index (χ3n) is 2.86. The summed E-state index contributed by atoms with van der Waals surface area (Å²) >= 11 is 0. The standard InChI is InChI=1S/C11H15N3O3/c1-14-7-4-6(10(13)8(15)5-12)2-3-9(7)17-11(14)16/h2-4,8,10,15H,5,12-13H2,1H3. The van der Waals surface area contributed by atoms with Crippen LogP contribution in [0, 0.1) is 0 Å². The third kappa shape index (κ3) is 1.97. The number of benzene rings is 1. The number of nitrogens with two attached hydrogens (primary N) is 2. The maximum Gasteiger partial charge on any atom is 0.419 e. The van der Waals surface area contributed by atoms with Crippen molar-refractivity contribution in [1.82, 2.24) is 4.57 Å². The average molecular weight is 237 g/mol. The molecule has 0 amide bonds. The fourth-order valence-corrected chi connectivity index (χ4v) is 1.72. The Labute approximate surface area is 97.4 Å². The molecule has 1 aromatic heterocycles.